The number of nitrogens with one attached hydrogen (secondary N) is 2. The second kappa shape index (κ2) is 3.62. The van der Waals surface area contributed by atoms with Gasteiger partial charge in [0, 0.05) is 24.9 Å². The van der Waals surface area contributed by atoms with Gasteiger partial charge < -0.3 is 10.6 Å². The van der Waals surface area contributed by atoms with E-state index in [0.717, 1.165) is 26.1 Å². The van der Waals surface area contributed by atoms with Crippen LogP contribution in [-0.4, -0.2) is 25.5 Å². The maximum Gasteiger partial charge on any atom is 0.220 e. The molecular formula is C8H15ClN2O. The molecule has 0 aromatic heterocycles. The molecule has 0 saturated carbocycles. The van der Waals surface area contributed by atoms with Crippen LogP contribution < -0.4 is 10.6 Å². The average molecular weight is 191 g/mol. The number of piperidine rings is 1. The summed E-state index contributed by atoms with van der Waals surface area (Å²) in [6, 6.07) is 0. The van der Waals surface area contributed by atoms with Gasteiger partial charge >= 0.3 is 0 Å². The molecule has 3 nitrogen and oxygen atoms in total. The van der Waals surface area contributed by atoms with E-state index >= 15 is 0 Å². The molecule has 4 heteroatoms. The fraction of sp³-hybridized carbons (Fsp3) is 0.875. The van der Waals surface area contributed by atoms with Crippen LogP contribution in [0.3, 0.4) is 0 Å². The van der Waals surface area contributed by atoms with E-state index in [9.17, 15) is 4.79 Å². The lowest BCUT2D eigenvalue weighted by Gasteiger charge is -2.31. The fourth-order valence-electron chi connectivity index (χ4n) is 2.08. The van der Waals surface area contributed by atoms with Crippen molar-refractivity contribution in [2.75, 3.05) is 19.6 Å². The molecule has 0 aliphatic carbocycles. The normalized spacial score (nSPS) is 34.5. The van der Waals surface area contributed by atoms with Gasteiger partial charge in [0.15, 0.2) is 0 Å². The van der Waals surface area contributed by atoms with Crippen molar-refractivity contribution in [1.82, 2.24) is 10.6 Å². The molecule has 1 spiro atoms. The Kier molecular flexibility index (Phi) is 2.96. The van der Waals surface area contributed by atoms with E-state index in [0.29, 0.717) is 0 Å². The first-order chi connectivity index (χ1) is 5.31. The summed E-state index contributed by atoms with van der Waals surface area (Å²) in [5.41, 5.74) is 0.273. The maximum atomic E-state index is 11.0. The lowest BCUT2D eigenvalue weighted by Crippen LogP contribution is -2.41. The largest absolute Gasteiger partial charge is 0.355 e. The van der Waals surface area contributed by atoms with Crippen LogP contribution in [0.2, 0.25) is 0 Å². The number of halogens is 1. The minimum atomic E-state index is 0. The van der Waals surface area contributed by atoms with Gasteiger partial charge in [-0.2, -0.15) is 0 Å². The molecular weight excluding hydrogens is 176 g/mol. The second-order valence-corrected chi connectivity index (χ2v) is 3.73. The summed E-state index contributed by atoms with van der Waals surface area (Å²) in [5, 5.41) is 6.25. The quantitative estimate of drug-likeness (QED) is 0.577. The first kappa shape index (κ1) is 9.81. The highest BCUT2D eigenvalue weighted by molar-refractivity contribution is 5.85. The van der Waals surface area contributed by atoms with Gasteiger partial charge in [0.1, 0.15) is 0 Å². The molecule has 0 aromatic rings. The lowest BCUT2D eigenvalue weighted by molar-refractivity contribution is -0.119. The number of rotatable bonds is 0. The third-order valence-corrected chi connectivity index (χ3v) is 2.76. The van der Waals surface area contributed by atoms with Gasteiger partial charge in [0.05, 0.1) is 0 Å². The zero-order valence-corrected chi connectivity index (χ0v) is 7.88. The predicted molar refractivity (Wildman–Crippen MR) is 49.4 cm³/mol. The Hall–Kier alpha value is -0.280. The lowest BCUT2D eigenvalue weighted by atomic mass is 9.80. The second-order valence-electron chi connectivity index (χ2n) is 3.73. The van der Waals surface area contributed by atoms with Crippen LogP contribution in [0.25, 0.3) is 0 Å². The van der Waals surface area contributed by atoms with Crippen LogP contribution in [0.4, 0.5) is 0 Å². The zero-order chi connectivity index (χ0) is 7.73. The highest BCUT2D eigenvalue weighted by Crippen LogP contribution is 2.32. The summed E-state index contributed by atoms with van der Waals surface area (Å²) >= 11 is 0. The van der Waals surface area contributed by atoms with Gasteiger partial charge in [0.25, 0.3) is 0 Å². The molecule has 1 atom stereocenters. The van der Waals surface area contributed by atoms with Crippen molar-refractivity contribution in [2.24, 2.45) is 5.41 Å². The number of carbonyl (C=O) groups is 1. The van der Waals surface area contributed by atoms with Crippen LogP contribution in [-0.2, 0) is 4.79 Å². The van der Waals surface area contributed by atoms with Crippen molar-refractivity contribution in [2.45, 2.75) is 19.3 Å². The number of carbonyl (C=O) groups excluding carboxylic acids is 1. The Labute approximate surface area is 78.7 Å². The van der Waals surface area contributed by atoms with Crippen molar-refractivity contribution in [3.8, 4) is 0 Å². The topological polar surface area (TPSA) is 41.1 Å². The third kappa shape index (κ3) is 1.72. The SMILES string of the molecule is Cl.O=C1C[C@@]2(CCCNC2)CN1. The van der Waals surface area contributed by atoms with Crippen molar-refractivity contribution in [1.29, 1.82) is 0 Å². The Morgan fingerprint density at radius 2 is 2.17 bits per heavy atom. The first-order valence-corrected chi connectivity index (χ1v) is 4.28. The fourth-order valence-corrected chi connectivity index (χ4v) is 2.08. The molecule has 2 saturated heterocycles. The average Bonchev–Trinajstić information content (AvgIpc) is 2.34. The molecule has 2 aliphatic heterocycles. The summed E-state index contributed by atoms with van der Waals surface area (Å²) in [5.74, 6) is 0.230. The molecule has 2 N–H and O–H groups in total. The van der Waals surface area contributed by atoms with Crippen LogP contribution in [0, 0.1) is 5.41 Å². The van der Waals surface area contributed by atoms with Crippen molar-refractivity contribution in [3.63, 3.8) is 0 Å². The molecule has 0 radical (unpaired) electrons. The molecule has 2 heterocycles. The van der Waals surface area contributed by atoms with Crippen molar-refractivity contribution < 1.29 is 4.79 Å². The van der Waals surface area contributed by atoms with Gasteiger partial charge in [0.2, 0.25) is 5.91 Å². The highest BCUT2D eigenvalue weighted by Gasteiger charge is 2.38. The summed E-state index contributed by atoms with van der Waals surface area (Å²) < 4.78 is 0. The zero-order valence-electron chi connectivity index (χ0n) is 7.06. The minimum absolute atomic E-state index is 0. The standard InChI is InChI=1S/C8H14N2O.ClH/c11-7-4-8(6-10-7)2-1-3-9-5-8;/h9H,1-6H2,(H,10,11);1H/t8-;/m1./s1. The summed E-state index contributed by atoms with van der Waals surface area (Å²) in [7, 11) is 0. The van der Waals surface area contributed by atoms with E-state index < -0.39 is 0 Å². The molecule has 70 valence electrons. The van der Waals surface area contributed by atoms with E-state index in [1.165, 1.54) is 12.8 Å². The molecule has 2 fully saturated rings. The summed E-state index contributed by atoms with van der Waals surface area (Å²) in [6.45, 7) is 3.03. The number of hydrogen-bond donors (Lipinski definition) is 2. The molecule has 2 aliphatic rings. The van der Waals surface area contributed by atoms with E-state index in [4.69, 9.17) is 0 Å². The Bertz CT molecular complexity index is 178. The van der Waals surface area contributed by atoms with E-state index in [1.54, 1.807) is 0 Å². The van der Waals surface area contributed by atoms with Crippen molar-refractivity contribution >= 4 is 18.3 Å². The van der Waals surface area contributed by atoms with E-state index in [-0.39, 0.29) is 23.7 Å². The van der Waals surface area contributed by atoms with E-state index in [1.807, 2.05) is 0 Å². The van der Waals surface area contributed by atoms with Gasteiger partial charge in [-0.15, -0.1) is 12.4 Å². The summed E-state index contributed by atoms with van der Waals surface area (Å²) in [6.07, 6.45) is 3.16. The van der Waals surface area contributed by atoms with Gasteiger partial charge in [-0.3, -0.25) is 4.79 Å². The number of hydrogen-bond acceptors (Lipinski definition) is 2. The molecule has 2 rings (SSSR count). The van der Waals surface area contributed by atoms with Crippen LogP contribution in [0.15, 0.2) is 0 Å². The predicted octanol–water partition coefficient (Wildman–Crippen LogP) is 0.298. The molecule has 12 heavy (non-hydrogen) atoms. The van der Waals surface area contributed by atoms with E-state index in [2.05, 4.69) is 10.6 Å². The summed E-state index contributed by atoms with van der Waals surface area (Å²) in [4.78, 5) is 11.0. The minimum Gasteiger partial charge on any atom is -0.355 e. The highest BCUT2D eigenvalue weighted by atomic mass is 35.5. The van der Waals surface area contributed by atoms with Crippen LogP contribution >= 0.6 is 12.4 Å². The van der Waals surface area contributed by atoms with Crippen LogP contribution in [0.1, 0.15) is 19.3 Å². The smallest absolute Gasteiger partial charge is 0.220 e. The number of amides is 1. The van der Waals surface area contributed by atoms with Crippen LogP contribution in [0.5, 0.6) is 0 Å². The monoisotopic (exact) mass is 190 g/mol. The molecule has 1 amide bonds. The molecule has 0 aromatic carbocycles. The van der Waals surface area contributed by atoms with Gasteiger partial charge in [-0.05, 0) is 19.4 Å². The van der Waals surface area contributed by atoms with Gasteiger partial charge in [-0.25, -0.2) is 0 Å². The first-order valence-electron chi connectivity index (χ1n) is 4.28. The Morgan fingerprint density at radius 3 is 2.67 bits per heavy atom. The maximum absolute atomic E-state index is 11.0. The Morgan fingerprint density at radius 1 is 1.33 bits per heavy atom. The van der Waals surface area contributed by atoms with Crippen molar-refractivity contribution in [3.05, 3.63) is 0 Å². The van der Waals surface area contributed by atoms with Gasteiger partial charge in [-0.1, -0.05) is 0 Å². The molecule has 0 unspecified atom stereocenters. The third-order valence-electron chi connectivity index (χ3n) is 2.76. The Balaban J connectivity index is 0.000000720. The molecule has 0 bridgehead atoms.